The molecule has 2 aromatic carbocycles. The van der Waals surface area contributed by atoms with Crippen molar-refractivity contribution in [3.05, 3.63) is 65.2 Å². The molecule has 0 aromatic heterocycles. The molecule has 2 heterocycles. The van der Waals surface area contributed by atoms with Gasteiger partial charge in [-0.15, -0.1) is 11.8 Å². The molecule has 2 aliphatic heterocycles. The van der Waals surface area contributed by atoms with Crippen molar-refractivity contribution >= 4 is 29.3 Å². The maximum Gasteiger partial charge on any atom is 0.253 e. The van der Waals surface area contributed by atoms with Crippen LogP contribution in [0.4, 0.5) is 5.69 Å². The molecule has 0 saturated carbocycles. The summed E-state index contributed by atoms with van der Waals surface area (Å²) in [5, 5.41) is 12.2. The zero-order valence-corrected chi connectivity index (χ0v) is 17.2. The summed E-state index contributed by atoms with van der Waals surface area (Å²) in [6.45, 7) is 1.41. The number of anilines is 1. The van der Waals surface area contributed by atoms with Crippen LogP contribution in [0.5, 0.6) is 0 Å². The van der Waals surface area contributed by atoms with Crippen LogP contribution in [0.3, 0.4) is 0 Å². The second-order valence-electron chi connectivity index (χ2n) is 7.71. The van der Waals surface area contributed by atoms with Crippen LogP contribution in [0.25, 0.3) is 0 Å². The van der Waals surface area contributed by atoms with Gasteiger partial charge >= 0.3 is 0 Å². The first-order valence-corrected chi connectivity index (χ1v) is 11.2. The Morgan fingerprint density at radius 2 is 2.03 bits per heavy atom. The number of aliphatic hydroxyl groups excluding tert-OH is 1. The number of thioether (sulfide) groups is 1. The van der Waals surface area contributed by atoms with E-state index in [1.165, 1.54) is 5.56 Å². The van der Waals surface area contributed by atoms with Gasteiger partial charge in [-0.2, -0.15) is 0 Å². The molecule has 0 aliphatic carbocycles. The third kappa shape index (κ3) is 4.49. The van der Waals surface area contributed by atoms with Crippen LogP contribution in [0.1, 0.15) is 39.6 Å². The minimum Gasteiger partial charge on any atom is -0.396 e. The predicted octanol–water partition coefficient (Wildman–Crippen LogP) is 3.50. The highest BCUT2D eigenvalue weighted by molar-refractivity contribution is 8.00. The van der Waals surface area contributed by atoms with Gasteiger partial charge in [0.2, 0.25) is 5.91 Å². The van der Waals surface area contributed by atoms with Gasteiger partial charge in [-0.1, -0.05) is 30.3 Å². The molecule has 2 aliphatic rings. The number of nitrogens with one attached hydrogen (secondary N) is 1. The number of amides is 2. The number of fused-ring (bicyclic) bond motifs is 1. The Morgan fingerprint density at radius 3 is 2.90 bits per heavy atom. The average Bonchev–Trinajstić information content (AvgIpc) is 2.78. The maximum atomic E-state index is 12.9. The van der Waals surface area contributed by atoms with Crippen molar-refractivity contribution in [2.45, 2.75) is 24.5 Å². The van der Waals surface area contributed by atoms with E-state index in [0.717, 1.165) is 30.6 Å². The summed E-state index contributed by atoms with van der Waals surface area (Å²) in [6, 6.07) is 15.3. The van der Waals surface area contributed by atoms with Gasteiger partial charge in [0.1, 0.15) is 5.25 Å². The number of carbonyl (C=O) groups is 2. The number of carbonyl (C=O) groups excluding carboxylic acids is 2. The van der Waals surface area contributed by atoms with Gasteiger partial charge in [0.15, 0.2) is 0 Å². The number of rotatable bonds is 4. The zero-order chi connectivity index (χ0) is 20.2. The SMILES string of the molecule is O=C(Nc1cccc(C(=O)N2CCC[C@H](CO)C2)c1)[C@@H]1SCCc2ccccc21. The second kappa shape index (κ2) is 9.01. The summed E-state index contributed by atoms with van der Waals surface area (Å²) in [6.07, 6.45) is 2.85. The largest absolute Gasteiger partial charge is 0.396 e. The molecular weight excluding hydrogens is 384 g/mol. The molecule has 2 N–H and O–H groups in total. The Kier molecular flexibility index (Phi) is 6.21. The Bertz CT molecular complexity index is 901. The van der Waals surface area contributed by atoms with Crippen LogP contribution in [-0.2, 0) is 11.2 Å². The average molecular weight is 411 g/mol. The number of nitrogens with zero attached hydrogens (tertiary/aromatic N) is 1. The van der Waals surface area contributed by atoms with Gasteiger partial charge in [-0.3, -0.25) is 9.59 Å². The molecule has 1 fully saturated rings. The van der Waals surface area contributed by atoms with Gasteiger partial charge in [0.25, 0.3) is 5.91 Å². The molecule has 0 bridgehead atoms. The van der Waals surface area contributed by atoms with Crippen molar-refractivity contribution in [1.82, 2.24) is 4.90 Å². The Labute approximate surface area is 175 Å². The fourth-order valence-electron chi connectivity index (χ4n) is 4.13. The summed E-state index contributed by atoms with van der Waals surface area (Å²) in [5.41, 5.74) is 3.52. The maximum absolute atomic E-state index is 12.9. The lowest BCUT2D eigenvalue weighted by molar-refractivity contribution is -0.115. The fraction of sp³-hybridized carbons (Fsp3) is 0.391. The quantitative estimate of drug-likeness (QED) is 0.809. The lowest BCUT2D eigenvalue weighted by atomic mass is 9.98. The van der Waals surface area contributed by atoms with E-state index in [0.29, 0.717) is 24.3 Å². The van der Waals surface area contributed by atoms with E-state index in [1.807, 2.05) is 24.3 Å². The molecule has 5 nitrogen and oxygen atoms in total. The molecule has 2 atom stereocenters. The molecule has 2 amide bonds. The Hall–Kier alpha value is -2.31. The number of likely N-dealkylation sites (tertiary alicyclic amines) is 1. The topological polar surface area (TPSA) is 69.6 Å². The van der Waals surface area contributed by atoms with Crippen LogP contribution in [0, 0.1) is 5.92 Å². The van der Waals surface area contributed by atoms with Crippen molar-refractivity contribution in [1.29, 1.82) is 0 Å². The number of piperidine rings is 1. The number of aliphatic hydroxyl groups is 1. The number of benzene rings is 2. The standard InChI is InChI=1S/C23H26N2O3S/c26-15-16-5-4-11-25(14-16)23(28)18-7-3-8-19(13-18)24-22(27)21-20-9-2-1-6-17(20)10-12-29-21/h1-3,6-9,13,16,21,26H,4-5,10-12,14-15H2,(H,24,27)/t16-,21+/m0/s1. The molecule has 0 radical (unpaired) electrons. The molecule has 4 rings (SSSR count). The van der Waals surface area contributed by atoms with Crippen LogP contribution < -0.4 is 5.32 Å². The van der Waals surface area contributed by atoms with E-state index in [2.05, 4.69) is 11.4 Å². The summed E-state index contributed by atoms with van der Waals surface area (Å²) >= 11 is 1.66. The Morgan fingerprint density at radius 1 is 1.17 bits per heavy atom. The van der Waals surface area contributed by atoms with Gasteiger partial charge in [0, 0.05) is 30.9 Å². The van der Waals surface area contributed by atoms with Crippen molar-refractivity contribution in [2.24, 2.45) is 5.92 Å². The first kappa shape index (κ1) is 20.0. The molecule has 1 saturated heterocycles. The summed E-state index contributed by atoms with van der Waals surface area (Å²) < 4.78 is 0. The summed E-state index contributed by atoms with van der Waals surface area (Å²) in [7, 11) is 0. The van der Waals surface area contributed by atoms with E-state index in [9.17, 15) is 14.7 Å². The number of hydrogen-bond donors (Lipinski definition) is 2. The van der Waals surface area contributed by atoms with Crippen molar-refractivity contribution < 1.29 is 14.7 Å². The highest BCUT2D eigenvalue weighted by Gasteiger charge is 2.27. The summed E-state index contributed by atoms with van der Waals surface area (Å²) in [4.78, 5) is 27.6. The monoisotopic (exact) mass is 410 g/mol. The normalized spacial score (nSPS) is 21.3. The smallest absolute Gasteiger partial charge is 0.253 e. The zero-order valence-electron chi connectivity index (χ0n) is 16.3. The van der Waals surface area contributed by atoms with Crippen molar-refractivity contribution in [2.75, 3.05) is 30.8 Å². The molecule has 0 unspecified atom stereocenters. The van der Waals surface area contributed by atoms with Crippen LogP contribution in [-0.4, -0.2) is 47.3 Å². The first-order chi connectivity index (χ1) is 14.2. The van der Waals surface area contributed by atoms with E-state index in [-0.39, 0.29) is 29.6 Å². The highest BCUT2D eigenvalue weighted by Crippen LogP contribution is 2.37. The van der Waals surface area contributed by atoms with Crippen LogP contribution >= 0.6 is 11.8 Å². The Balaban J connectivity index is 1.47. The van der Waals surface area contributed by atoms with Crippen molar-refractivity contribution in [3.63, 3.8) is 0 Å². The fourth-order valence-corrected chi connectivity index (χ4v) is 5.32. The minimum atomic E-state index is -0.230. The molecule has 6 heteroatoms. The van der Waals surface area contributed by atoms with E-state index >= 15 is 0 Å². The van der Waals surface area contributed by atoms with Crippen LogP contribution in [0.2, 0.25) is 0 Å². The van der Waals surface area contributed by atoms with Crippen molar-refractivity contribution in [3.8, 4) is 0 Å². The highest BCUT2D eigenvalue weighted by atomic mass is 32.2. The molecule has 152 valence electrons. The molecule has 29 heavy (non-hydrogen) atoms. The van der Waals surface area contributed by atoms with Gasteiger partial charge in [-0.25, -0.2) is 0 Å². The molecular formula is C23H26N2O3S. The van der Waals surface area contributed by atoms with Gasteiger partial charge < -0.3 is 15.3 Å². The van der Waals surface area contributed by atoms with E-state index < -0.39 is 0 Å². The van der Waals surface area contributed by atoms with Gasteiger partial charge in [0.05, 0.1) is 0 Å². The minimum absolute atomic E-state index is 0.0448. The summed E-state index contributed by atoms with van der Waals surface area (Å²) in [5.74, 6) is 0.981. The van der Waals surface area contributed by atoms with Gasteiger partial charge in [-0.05, 0) is 60.3 Å². The predicted molar refractivity (Wildman–Crippen MR) is 116 cm³/mol. The lowest BCUT2D eigenvalue weighted by Gasteiger charge is -2.32. The first-order valence-electron chi connectivity index (χ1n) is 10.2. The number of hydrogen-bond acceptors (Lipinski definition) is 4. The lowest BCUT2D eigenvalue weighted by Crippen LogP contribution is -2.40. The third-order valence-electron chi connectivity index (χ3n) is 5.67. The molecule has 0 spiro atoms. The molecule has 2 aromatic rings. The third-order valence-corrected chi connectivity index (χ3v) is 6.91. The van der Waals surface area contributed by atoms with E-state index in [4.69, 9.17) is 0 Å². The van der Waals surface area contributed by atoms with Crippen LogP contribution in [0.15, 0.2) is 48.5 Å². The van der Waals surface area contributed by atoms with E-state index in [1.54, 1.807) is 34.9 Å². The number of aryl methyl sites for hydroxylation is 1. The second-order valence-corrected chi connectivity index (χ2v) is 8.92.